The van der Waals surface area contributed by atoms with Crippen molar-refractivity contribution in [2.24, 2.45) is 0 Å². The van der Waals surface area contributed by atoms with E-state index in [0.29, 0.717) is 12.5 Å². The Morgan fingerprint density at radius 2 is 1.68 bits per heavy atom. The van der Waals surface area contributed by atoms with Gasteiger partial charge in [0.05, 0.1) is 0 Å². The zero-order chi connectivity index (χ0) is 17.8. The summed E-state index contributed by atoms with van der Waals surface area (Å²) >= 11 is 0. The van der Waals surface area contributed by atoms with Crippen LogP contribution >= 0.6 is 0 Å². The van der Waals surface area contributed by atoms with E-state index in [1.54, 1.807) is 0 Å². The van der Waals surface area contributed by atoms with Gasteiger partial charge in [0.1, 0.15) is 12.3 Å². The van der Waals surface area contributed by atoms with E-state index in [4.69, 9.17) is 0 Å². The largest absolute Gasteiger partial charge is 0.299 e. The van der Waals surface area contributed by atoms with Gasteiger partial charge in [0, 0.05) is 18.5 Å². The van der Waals surface area contributed by atoms with E-state index in [1.807, 2.05) is 18.2 Å². The van der Waals surface area contributed by atoms with Crippen LogP contribution in [0.2, 0.25) is 0 Å². The average Bonchev–Trinajstić information content (AvgIpc) is 2.65. The SMILES string of the molecule is CC(CCc1ccc(C2CC(F)C2F)cc1)N(C)Cc1ccccc1. The average molecular weight is 343 g/mol. The van der Waals surface area contributed by atoms with Gasteiger partial charge >= 0.3 is 0 Å². The predicted octanol–water partition coefficient (Wildman–Crippen LogP) is 5.30. The van der Waals surface area contributed by atoms with Gasteiger partial charge in [0.2, 0.25) is 0 Å². The molecular weight excluding hydrogens is 316 g/mol. The molecule has 0 amide bonds. The first-order valence-electron chi connectivity index (χ1n) is 9.15. The Hall–Kier alpha value is -1.74. The molecule has 1 nitrogen and oxygen atoms in total. The van der Waals surface area contributed by atoms with E-state index in [0.717, 1.165) is 24.9 Å². The molecule has 0 bridgehead atoms. The highest BCUT2D eigenvalue weighted by atomic mass is 19.2. The lowest BCUT2D eigenvalue weighted by Gasteiger charge is -2.34. The van der Waals surface area contributed by atoms with Gasteiger partial charge in [-0.15, -0.1) is 0 Å². The fourth-order valence-electron chi connectivity index (χ4n) is 3.43. The standard InChI is InChI=1S/C22H27F2N/c1-16(25(2)15-18-6-4-3-5-7-18)8-9-17-10-12-19(13-11-17)20-14-21(23)22(20)24/h3-7,10-13,16,20-22H,8-9,14-15H2,1-2H3. The van der Waals surface area contributed by atoms with Gasteiger partial charge in [-0.1, -0.05) is 54.6 Å². The first kappa shape index (κ1) is 18.1. The topological polar surface area (TPSA) is 3.24 Å². The van der Waals surface area contributed by atoms with Gasteiger partial charge in [-0.2, -0.15) is 0 Å². The van der Waals surface area contributed by atoms with Gasteiger partial charge in [-0.05, 0) is 49.9 Å². The Balaban J connectivity index is 1.48. The number of halogens is 2. The Morgan fingerprint density at radius 3 is 2.28 bits per heavy atom. The molecule has 0 heterocycles. The van der Waals surface area contributed by atoms with Gasteiger partial charge in [0.15, 0.2) is 0 Å². The molecule has 2 aromatic rings. The molecule has 1 fully saturated rings. The van der Waals surface area contributed by atoms with Crippen molar-refractivity contribution < 1.29 is 8.78 Å². The fourth-order valence-corrected chi connectivity index (χ4v) is 3.43. The van der Waals surface area contributed by atoms with Crippen molar-refractivity contribution in [1.29, 1.82) is 0 Å². The van der Waals surface area contributed by atoms with Crippen LogP contribution in [0.25, 0.3) is 0 Å². The predicted molar refractivity (Wildman–Crippen MR) is 99.3 cm³/mol. The van der Waals surface area contributed by atoms with Crippen molar-refractivity contribution in [2.45, 2.75) is 57.0 Å². The minimum Gasteiger partial charge on any atom is -0.299 e. The maximum absolute atomic E-state index is 13.5. The van der Waals surface area contributed by atoms with Crippen LogP contribution in [0.15, 0.2) is 54.6 Å². The van der Waals surface area contributed by atoms with Gasteiger partial charge in [-0.3, -0.25) is 4.90 Å². The highest BCUT2D eigenvalue weighted by molar-refractivity contribution is 5.29. The second kappa shape index (κ2) is 8.09. The highest BCUT2D eigenvalue weighted by Crippen LogP contribution is 2.41. The quantitative estimate of drug-likeness (QED) is 0.659. The molecule has 0 aromatic heterocycles. The van der Waals surface area contributed by atoms with Crippen molar-refractivity contribution in [3.8, 4) is 0 Å². The van der Waals surface area contributed by atoms with Crippen LogP contribution in [0.4, 0.5) is 8.78 Å². The van der Waals surface area contributed by atoms with E-state index in [1.165, 1.54) is 11.1 Å². The van der Waals surface area contributed by atoms with Crippen LogP contribution in [0, 0.1) is 0 Å². The molecule has 25 heavy (non-hydrogen) atoms. The number of rotatable bonds is 7. The smallest absolute Gasteiger partial charge is 0.138 e. The van der Waals surface area contributed by atoms with Crippen molar-refractivity contribution in [1.82, 2.24) is 4.90 Å². The van der Waals surface area contributed by atoms with Crippen molar-refractivity contribution in [3.63, 3.8) is 0 Å². The van der Waals surface area contributed by atoms with Crippen molar-refractivity contribution in [2.75, 3.05) is 7.05 Å². The number of alkyl halides is 2. The minimum absolute atomic E-state index is 0.250. The third-order valence-electron chi connectivity index (χ3n) is 5.49. The fraction of sp³-hybridized carbons (Fsp3) is 0.455. The summed E-state index contributed by atoms with van der Waals surface area (Å²) in [5.41, 5.74) is 3.52. The molecule has 1 aliphatic carbocycles. The van der Waals surface area contributed by atoms with Gasteiger partial charge in [-0.25, -0.2) is 8.78 Å². The summed E-state index contributed by atoms with van der Waals surface area (Å²) in [6.45, 7) is 3.20. The maximum Gasteiger partial charge on any atom is 0.138 e. The Bertz CT molecular complexity index is 655. The molecule has 134 valence electrons. The first-order valence-corrected chi connectivity index (χ1v) is 9.15. The molecule has 3 heteroatoms. The number of nitrogens with zero attached hydrogens (tertiary/aromatic N) is 1. The zero-order valence-corrected chi connectivity index (χ0v) is 15.0. The van der Waals surface area contributed by atoms with Crippen LogP contribution in [-0.2, 0) is 13.0 Å². The van der Waals surface area contributed by atoms with Crippen LogP contribution < -0.4 is 0 Å². The minimum atomic E-state index is -1.32. The second-order valence-corrected chi connectivity index (χ2v) is 7.33. The Labute approximate surface area is 149 Å². The maximum atomic E-state index is 13.5. The van der Waals surface area contributed by atoms with Gasteiger partial charge in [0.25, 0.3) is 0 Å². The Kier molecular flexibility index (Phi) is 5.85. The molecule has 2 aromatic carbocycles. The summed E-state index contributed by atoms with van der Waals surface area (Å²) in [5, 5.41) is 0. The van der Waals surface area contributed by atoms with Gasteiger partial charge < -0.3 is 0 Å². The van der Waals surface area contributed by atoms with Crippen LogP contribution in [0.1, 0.15) is 42.4 Å². The summed E-state index contributed by atoms with van der Waals surface area (Å²) in [7, 11) is 2.16. The molecule has 0 spiro atoms. The van der Waals surface area contributed by atoms with E-state index < -0.39 is 12.3 Å². The summed E-state index contributed by atoms with van der Waals surface area (Å²) in [5.74, 6) is -0.250. The first-order chi connectivity index (χ1) is 12.0. The molecule has 0 aliphatic heterocycles. The van der Waals surface area contributed by atoms with E-state index in [-0.39, 0.29) is 5.92 Å². The highest BCUT2D eigenvalue weighted by Gasteiger charge is 2.42. The lowest BCUT2D eigenvalue weighted by molar-refractivity contribution is 0.0428. The molecule has 1 saturated carbocycles. The number of aryl methyl sites for hydroxylation is 1. The third-order valence-corrected chi connectivity index (χ3v) is 5.49. The number of benzene rings is 2. The lowest BCUT2D eigenvalue weighted by atomic mass is 9.76. The summed E-state index contributed by atoms with van der Waals surface area (Å²) in [6.07, 6.45) is -0.203. The molecule has 0 radical (unpaired) electrons. The molecule has 4 atom stereocenters. The van der Waals surface area contributed by atoms with Crippen molar-refractivity contribution in [3.05, 3.63) is 71.3 Å². The molecule has 0 saturated heterocycles. The molecule has 1 aliphatic rings. The van der Waals surface area contributed by atoms with Crippen LogP contribution in [-0.4, -0.2) is 30.3 Å². The zero-order valence-electron chi connectivity index (χ0n) is 15.0. The van der Waals surface area contributed by atoms with E-state index in [9.17, 15) is 8.78 Å². The van der Waals surface area contributed by atoms with E-state index in [2.05, 4.69) is 55.3 Å². The molecule has 3 rings (SSSR count). The third kappa shape index (κ3) is 4.46. The molecule has 4 unspecified atom stereocenters. The second-order valence-electron chi connectivity index (χ2n) is 7.33. The summed E-state index contributed by atoms with van der Waals surface area (Å²) in [4.78, 5) is 2.37. The van der Waals surface area contributed by atoms with E-state index >= 15 is 0 Å². The number of hydrogen-bond donors (Lipinski definition) is 0. The Morgan fingerprint density at radius 1 is 1.00 bits per heavy atom. The summed E-state index contributed by atoms with van der Waals surface area (Å²) < 4.78 is 26.5. The summed E-state index contributed by atoms with van der Waals surface area (Å²) in [6, 6.07) is 19.1. The monoisotopic (exact) mass is 343 g/mol. The van der Waals surface area contributed by atoms with Crippen LogP contribution in [0.3, 0.4) is 0 Å². The lowest BCUT2D eigenvalue weighted by Crippen LogP contribution is -2.38. The van der Waals surface area contributed by atoms with Crippen LogP contribution in [0.5, 0.6) is 0 Å². The van der Waals surface area contributed by atoms with Crippen molar-refractivity contribution >= 4 is 0 Å². The number of hydrogen-bond acceptors (Lipinski definition) is 1. The normalized spacial score (nSPS) is 24.1. The molecule has 0 N–H and O–H groups in total. The molecular formula is C22H27F2N.